The van der Waals surface area contributed by atoms with Crippen molar-refractivity contribution in [1.82, 2.24) is 9.62 Å². The summed E-state index contributed by atoms with van der Waals surface area (Å²) in [5.41, 5.74) is 0.903. The summed E-state index contributed by atoms with van der Waals surface area (Å²) >= 11 is 0. The second-order valence-corrected chi connectivity index (χ2v) is 9.05. The van der Waals surface area contributed by atoms with Crippen LogP contribution in [0.1, 0.15) is 16.8 Å². The highest BCUT2D eigenvalue weighted by atomic mass is 32.2. The Kier molecular flexibility index (Phi) is 7.28. The van der Waals surface area contributed by atoms with E-state index >= 15 is 0 Å². The lowest BCUT2D eigenvalue weighted by atomic mass is 10.2. The molecule has 0 saturated carbocycles. The van der Waals surface area contributed by atoms with E-state index < -0.39 is 10.0 Å². The van der Waals surface area contributed by atoms with Gasteiger partial charge in [-0.15, -0.1) is 0 Å². The van der Waals surface area contributed by atoms with Gasteiger partial charge in [0.2, 0.25) is 10.0 Å². The van der Waals surface area contributed by atoms with Gasteiger partial charge < -0.3 is 15.0 Å². The predicted molar refractivity (Wildman–Crippen MR) is 114 cm³/mol. The zero-order valence-electron chi connectivity index (χ0n) is 16.9. The first-order chi connectivity index (χ1) is 14.4. The van der Waals surface area contributed by atoms with Crippen LogP contribution >= 0.6 is 0 Å². The molecule has 0 aromatic heterocycles. The van der Waals surface area contributed by atoms with Crippen LogP contribution in [0.4, 0.5) is 10.1 Å². The third-order valence-electron chi connectivity index (χ3n) is 5.04. The maximum absolute atomic E-state index is 13.9. The lowest BCUT2D eigenvalue weighted by Gasteiger charge is -2.35. The maximum Gasteiger partial charge on any atom is 0.255 e. The van der Waals surface area contributed by atoms with Gasteiger partial charge in [-0.1, -0.05) is 24.3 Å². The Balaban J connectivity index is 1.46. The summed E-state index contributed by atoms with van der Waals surface area (Å²) in [4.78, 5) is 14.1. The number of ether oxygens (including phenoxy) is 1. The van der Waals surface area contributed by atoms with Crippen molar-refractivity contribution >= 4 is 21.6 Å². The van der Waals surface area contributed by atoms with Gasteiger partial charge in [-0.05, 0) is 30.7 Å². The van der Waals surface area contributed by atoms with Gasteiger partial charge in [0.15, 0.2) is 0 Å². The van der Waals surface area contributed by atoms with E-state index in [0.717, 1.165) is 0 Å². The van der Waals surface area contributed by atoms with E-state index in [9.17, 15) is 17.6 Å². The second-order valence-electron chi connectivity index (χ2n) is 6.96. The second kappa shape index (κ2) is 9.90. The third-order valence-corrected chi connectivity index (χ3v) is 7.00. The van der Waals surface area contributed by atoms with Crippen molar-refractivity contribution in [3.8, 4) is 5.75 Å². The molecule has 1 fully saturated rings. The fourth-order valence-electron chi connectivity index (χ4n) is 3.43. The Hall–Kier alpha value is -2.65. The average molecular weight is 436 g/mol. The van der Waals surface area contributed by atoms with E-state index in [2.05, 4.69) is 5.32 Å². The molecule has 0 radical (unpaired) electrons. The Labute approximate surface area is 176 Å². The Morgan fingerprint density at radius 3 is 2.43 bits per heavy atom. The summed E-state index contributed by atoms with van der Waals surface area (Å²) < 4.78 is 45.8. The van der Waals surface area contributed by atoms with Gasteiger partial charge in [0.1, 0.15) is 11.6 Å². The lowest BCUT2D eigenvalue weighted by molar-refractivity contribution is 0.0950. The molecule has 0 aliphatic carbocycles. The van der Waals surface area contributed by atoms with Gasteiger partial charge in [0.25, 0.3) is 5.91 Å². The van der Waals surface area contributed by atoms with Crippen LogP contribution in [0.25, 0.3) is 0 Å². The molecule has 1 N–H and O–H groups in total. The molecule has 1 aliphatic heterocycles. The normalized spacial score (nSPS) is 15.1. The molecule has 9 heteroatoms. The SMILES string of the molecule is COc1ccccc1C(=O)NCCCS(=O)(=O)N1CCN(c2ccccc2F)CC1. The van der Waals surface area contributed by atoms with Gasteiger partial charge >= 0.3 is 0 Å². The quantitative estimate of drug-likeness (QED) is 0.643. The molecular weight excluding hydrogens is 409 g/mol. The molecule has 0 spiro atoms. The van der Waals surface area contributed by atoms with E-state index in [4.69, 9.17) is 4.74 Å². The van der Waals surface area contributed by atoms with Crippen LogP contribution in [-0.4, -0.2) is 64.2 Å². The molecule has 162 valence electrons. The molecule has 7 nitrogen and oxygen atoms in total. The van der Waals surface area contributed by atoms with Crippen molar-refractivity contribution in [2.24, 2.45) is 0 Å². The molecule has 0 atom stereocenters. The lowest BCUT2D eigenvalue weighted by Crippen LogP contribution is -2.49. The van der Waals surface area contributed by atoms with Crippen LogP contribution in [-0.2, 0) is 10.0 Å². The van der Waals surface area contributed by atoms with Crippen molar-refractivity contribution in [2.45, 2.75) is 6.42 Å². The summed E-state index contributed by atoms with van der Waals surface area (Å²) in [7, 11) is -1.95. The number of benzene rings is 2. The van der Waals surface area contributed by atoms with Crippen LogP contribution in [0.2, 0.25) is 0 Å². The number of amides is 1. The molecule has 1 heterocycles. The molecule has 0 bridgehead atoms. The van der Waals surface area contributed by atoms with Crippen molar-refractivity contribution < 1.29 is 22.3 Å². The molecule has 3 rings (SSSR count). The van der Waals surface area contributed by atoms with Crippen molar-refractivity contribution in [3.05, 3.63) is 59.9 Å². The smallest absolute Gasteiger partial charge is 0.255 e. The standard InChI is InChI=1S/C21H26FN3O4S/c1-29-20-10-5-2-7-17(20)21(26)23-11-6-16-30(27,28)25-14-12-24(13-15-25)19-9-4-3-8-18(19)22/h2-5,7-10H,6,11-16H2,1H3,(H,23,26). The van der Waals surface area contributed by atoms with Gasteiger partial charge in [-0.2, -0.15) is 4.31 Å². The topological polar surface area (TPSA) is 78.9 Å². The van der Waals surface area contributed by atoms with E-state index in [1.54, 1.807) is 42.5 Å². The number of para-hydroxylation sites is 2. The molecule has 0 unspecified atom stereocenters. The van der Waals surface area contributed by atoms with Gasteiger partial charge in [0.05, 0.1) is 24.1 Å². The molecule has 1 amide bonds. The van der Waals surface area contributed by atoms with E-state index in [1.165, 1.54) is 17.5 Å². The zero-order chi connectivity index (χ0) is 21.6. The molecule has 2 aromatic rings. The van der Waals surface area contributed by atoms with Crippen molar-refractivity contribution in [3.63, 3.8) is 0 Å². The van der Waals surface area contributed by atoms with Crippen LogP contribution < -0.4 is 15.0 Å². The van der Waals surface area contributed by atoms with Gasteiger partial charge in [0, 0.05) is 32.7 Å². The largest absolute Gasteiger partial charge is 0.496 e. The number of hydrogen-bond donors (Lipinski definition) is 1. The molecule has 2 aromatic carbocycles. The van der Waals surface area contributed by atoms with Gasteiger partial charge in [-0.25, -0.2) is 12.8 Å². The monoisotopic (exact) mass is 435 g/mol. The van der Waals surface area contributed by atoms with Crippen LogP contribution in [0, 0.1) is 5.82 Å². The number of nitrogens with one attached hydrogen (secondary N) is 1. The highest BCUT2D eigenvalue weighted by Gasteiger charge is 2.27. The molecule has 1 saturated heterocycles. The first kappa shape index (κ1) is 22.0. The predicted octanol–water partition coefficient (Wildman–Crippen LogP) is 2.11. The van der Waals surface area contributed by atoms with Gasteiger partial charge in [-0.3, -0.25) is 4.79 Å². The number of sulfonamides is 1. The number of hydrogen-bond acceptors (Lipinski definition) is 5. The number of methoxy groups -OCH3 is 1. The minimum absolute atomic E-state index is 0.0566. The number of nitrogens with zero attached hydrogens (tertiary/aromatic N) is 2. The van der Waals surface area contributed by atoms with Crippen molar-refractivity contribution in [2.75, 3.05) is 50.5 Å². The number of halogens is 1. The maximum atomic E-state index is 13.9. The fraction of sp³-hybridized carbons (Fsp3) is 0.381. The number of rotatable bonds is 8. The zero-order valence-corrected chi connectivity index (χ0v) is 17.7. The summed E-state index contributed by atoms with van der Waals surface area (Å²) in [6.07, 6.45) is 0.302. The highest BCUT2D eigenvalue weighted by Crippen LogP contribution is 2.21. The average Bonchev–Trinajstić information content (AvgIpc) is 2.77. The summed E-state index contributed by atoms with van der Waals surface area (Å²) in [5, 5.41) is 2.73. The number of piperazine rings is 1. The van der Waals surface area contributed by atoms with E-state index in [1.807, 2.05) is 4.90 Å². The number of carbonyl (C=O) groups excluding carboxylic acids is 1. The molecule has 30 heavy (non-hydrogen) atoms. The summed E-state index contributed by atoms with van der Waals surface area (Å²) in [6, 6.07) is 13.4. The van der Waals surface area contributed by atoms with Crippen LogP contribution in [0.15, 0.2) is 48.5 Å². The van der Waals surface area contributed by atoms with Crippen LogP contribution in [0.3, 0.4) is 0 Å². The van der Waals surface area contributed by atoms with Crippen molar-refractivity contribution in [1.29, 1.82) is 0 Å². The Morgan fingerprint density at radius 1 is 1.07 bits per heavy atom. The highest BCUT2D eigenvalue weighted by molar-refractivity contribution is 7.89. The Morgan fingerprint density at radius 2 is 1.73 bits per heavy atom. The number of carbonyl (C=O) groups is 1. The first-order valence-corrected chi connectivity index (χ1v) is 11.4. The fourth-order valence-corrected chi connectivity index (χ4v) is 4.92. The first-order valence-electron chi connectivity index (χ1n) is 9.81. The van der Waals surface area contributed by atoms with E-state index in [-0.39, 0.29) is 24.0 Å². The minimum atomic E-state index is -3.44. The minimum Gasteiger partial charge on any atom is -0.496 e. The molecular formula is C21H26FN3O4S. The molecule has 1 aliphatic rings. The number of anilines is 1. The van der Waals surface area contributed by atoms with Crippen LogP contribution in [0.5, 0.6) is 5.75 Å². The third kappa shape index (κ3) is 5.28. The van der Waals surface area contributed by atoms with E-state index in [0.29, 0.717) is 49.6 Å². The summed E-state index contributed by atoms with van der Waals surface area (Å²) in [5.74, 6) is -0.197. The summed E-state index contributed by atoms with van der Waals surface area (Å²) in [6.45, 7) is 1.73. The Bertz CT molecular complexity index is 976.